The van der Waals surface area contributed by atoms with Crippen LogP contribution in [0.2, 0.25) is 0 Å². The van der Waals surface area contributed by atoms with Crippen molar-refractivity contribution in [3.05, 3.63) is 54.6 Å². The molecule has 0 saturated carbocycles. The molecule has 0 fully saturated rings. The Hall–Kier alpha value is -2.24. The van der Waals surface area contributed by atoms with Gasteiger partial charge in [0.05, 0.1) is 24.5 Å². The Balaban J connectivity index is 0.00000169. The first-order valence-electron chi connectivity index (χ1n) is 7.87. The van der Waals surface area contributed by atoms with Crippen LogP contribution in [0, 0.1) is 0 Å². The van der Waals surface area contributed by atoms with Crippen molar-refractivity contribution in [2.75, 3.05) is 36.0 Å². The molecule has 0 saturated heterocycles. The summed E-state index contributed by atoms with van der Waals surface area (Å²) in [5.41, 5.74) is 2.27. The van der Waals surface area contributed by atoms with E-state index in [1.165, 1.54) is 5.69 Å². The largest absolute Gasteiger partial charge is 0.491 e. The number of aliphatic hydroxyl groups is 1. The summed E-state index contributed by atoms with van der Waals surface area (Å²) in [5, 5.41) is 10.4. The van der Waals surface area contributed by atoms with Crippen LogP contribution < -0.4 is 14.5 Å². The van der Waals surface area contributed by atoms with E-state index in [-0.39, 0.29) is 19.0 Å². The molecular formula is C18H20ClN3O2. The molecule has 0 amide bonds. The molecule has 2 aliphatic rings. The molecule has 2 heterocycles. The predicted octanol–water partition coefficient (Wildman–Crippen LogP) is 2.54. The van der Waals surface area contributed by atoms with Gasteiger partial charge in [-0.15, -0.1) is 12.4 Å². The van der Waals surface area contributed by atoms with Crippen LogP contribution in [-0.2, 0) is 0 Å². The summed E-state index contributed by atoms with van der Waals surface area (Å²) in [6.07, 6.45) is -0.591. The molecule has 0 aromatic heterocycles. The fraction of sp³-hybridized carbons (Fsp3) is 0.278. The number of hydrogen-bond acceptors (Lipinski definition) is 5. The van der Waals surface area contributed by atoms with Gasteiger partial charge in [-0.1, -0.05) is 30.3 Å². The minimum atomic E-state index is -0.591. The van der Waals surface area contributed by atoms with Crippen LogP contribution in [0.1, 0.15) is 0 Å². The molecule has 126 valence electrons. The van der Waals surface area contributed by atoms with Crippen LogP contribution in [0.15, 0.2) is 59.6 Å². The van der Waals surface area contributed by atoms with Gasteiger partial charge < -0.3 is 19.6 Å². The fourth-order valence-electron chi connectivity index (χ4n) is 3.08. The third kappa shape index (κ3) is 3.05. The van der Waals surface area contributed by atoms with Crippen LogP contribution >= 0.6 is 12.4 Å². The predicted molar refractivity (Wildman–Crippen MR) is 98.6 cm³/mol. The molecule has 5 nitrogen and oxygen atoms in total. The van der Waals surface area contributed by atoms with E-state index in [1.54, 1.807) is 0 Å². The number of benzene rings is 2. The van der Waals surface area contributed by atoms with E-state index in [0.29, 0.717) is 6.54 Å². The molecule has 0 spiro atoms. The van der Waals surface area contributed by atoms with E-state index in [0.717, 1.165) is 30.5 Å². The van der Waals surface area contributed by atoms with E-state index in [2.05, 4.69) is 26.9 Å². The molecule has 2 aromatic rings. The Morgan fingerprint density at radius 1 is 1.04 bits per heavy atom. The molecule has 1 unspecified atom stereocenters. The van der Waals surface area contributed by atoms with Gasteiger partial charge in [0.15, 0.2) is 0 Å². The molecule has 6 heteroatoms. The lowest BCUT2D eigenvalue weighted by Gasteiger charge is -2.22. The summed E-state index contributed by atoms with van der Waals surface area (Å²) in [6.45, 7) is 2.44. The fourth-order valence-corrected chi connectivity index (χ4v) is 3.08. The lowest BCUT2D eigenvalue weighted by Crippen LogP contribution is -2.41. The second kappa shape index (κ2) is 7.11. The van der Waals surface area contributed by atoms with Crippen molar-refractivity contribution in [1.29, 1.82) is 0 Å². The van der Waals surface area contributed by atoms with Gasteiger partial charge in [0.25, 0.3) is 0 Å². The zero-order chi connectivity index (χ0) is 15.6. The SMILES string of the molecule is Cl.OC(COc1ccccc1)CN1C2=NCCN2c2ccccc21. The normalized spacial score (nSPS) is 16.1. The smallest absolute Gasteiger partial charge is 0.206 e. The number of para-hydroxylation sites is 3. The standard InChI is InChI=1S/C18H19N3O2.ClH/c22-14(13-23-15-6-2-1-3-7-15)12-21-17-9-5-4-8-16(17)20-11-10-19-18(20)21;/h1-9,14,22H,10-13H2;1H. The summed E-state index contributed by atoms with van der Waals surface area (Å²) in [5.74, 6) is 1.71. The maximum absolute atomic E-state index is 10.4. The molecule has 0 bridgehead atoms. The molecule has 2 aliphatic heterocycles. The average molecular weight is 346 g/mol. The number of fused-ring (bicyclic) bond motifs is 3. The van der Waals surface area contributed by atoms with E-state index in [4.69, 9.17) is 4.74 Å². The minimum Gasteiger partial charge on any atom is -0.491 e. The van der Waals surface area contributed by atoms with Crippen LogP contribution in [-0.4, -0.2) is 43.4 Å². The molecular weight excluding hydrogens is 326 g/mol. The van der Waals surface area contributed by atoms with Crippen molar-refractivity contribution >= 4 is 29.7 Å². The summed E-state index contributed by atoms with van der Waals surface area (Å²) in [4.78, 5) is 8.87. The number of hydrogen-bond donors (Lipinski definition) is 1. The van der Waals surface area contributed by atoms with Crippen LogP contribution in [0.4, 0.5) is 11.4 Å². The van der Waals surface area contributed by atoms with Crippen LogP contribution in [0.3, 0.4) is 0 Å². The molecule has 0 radical (unpaired) electrons. The lowest BCUT2D eigenvalue weighted by molar-refractivity contribution is 0.114. The second-order valence-electron chi connectivity index (χ2n) is 5.71. The zero-order valence-electron chi connectivity index (χ0n) is 13.2. The number of halogens is 1. The Morgan fingerprint density at radius 3 is 2.54 bits per heavy atom. The summed E-state index contributed by atoms with van der Waals surface area (Å²) in [6, 6.07) is 17.8. The molecule has 24 heavy (non-hydrogen) atoms. The first-order valence-corrected chi connectivity index (χ1v) is 7.87. The molecule has 0 aliphatic carbocycles. The first-order chi connectivity index (χ1) is 11.3. The van der Waals surface area contributed by atoms with E-state index >= 15 is 0 Å². The van der Waals surface area contributed by atoms with Gasteiger partial charge in [0.1, 0.15) is 18.5 Å². The summed E-state index contributed by atoms with van der Waals surface area (Å²) >= 11 is 0. The number of aliphatic imine (C=N–C) groups is 1. The van der Waals surface area contributed by atoms with Crippen molar-refractivity contribution in [2.24, 2.45) is 4.99 Å². The van der Waals surface area contributed by atoms with Crippen LogP contribution in [0.25, 0.3) is 0 Å². The third-order valence-electron chi connectivity index (χ3n) is 4.10. The topological polar surface area (TPSA) is 48.3 Å². The number of rotatable bonds is 5. The lowest BCUT2D eigenvalue weighted by atomic mass is 10.2. The summed E-state index contributed by atoms with van der Waals surface area (Å²) in [7, 11) is 0. The highest BCUT2D eigenvalue weighted by Gasteiger charge is 2.35. The molecule has 2 aromatic carbocycles. The van der Waals surface area contributed by atoms with Crippen molar-refractivity contribution < 1.29 is 9.84 Å². The van der Waals surface area contributed by atoms with Gasteiger partial charge in [-0.2, -0.15) is 0 Å². The number of β-amino-alcohol motifs (C(OH)–C–C–N with tert-alkyl or cyclic N) is 1. The molecule has 4 rings (SSSR count). The summed E-state index contributed by atoms with van der Waals surface area (Å²) < 4.78 is 5.65. The zero-order valence-corrected chi connectivity index (χ0v) is 14.0. The number of nitrogens with zero attached hydrogens (tertiary/aromatic N) is 3. The monoisotopic (exact) mass is 345 g/mol. The van der Waals surface area contributed by atoms with Gasteiger partial charge in [0, 0.05) is 6.54 Å². The third-order valence-corrected chi connectivity index (χ3v) is 4.10. The minimum absolute atomic E-state index is 0. The molecule has 1 atom stereocenters. The number of ether oxygens (including phenoxy) is 1. The van der Waals surface area contributed by atoms with Crippen molar-refractivity contribution in [1.82, 2.24) is 0 Å². The van der Waals surface area contributed by atoms with Gasteiger partial charge in [-0.3, -0.25) is 4.99 Å². The quantitative estimate of drug-likeness (QED) is 0.904. The van der Waals surface area contributed by atoms with E-state index in [9.17, 15) is 5.11 Å². The average Bonchev–Trinajstić information content (AvgIpc) is 3.17. The first kappa shape index (κ1) is 16.6. The maximum atomic E-state index is 10.4. The number of aliphatic hydroxyl groups excluding tert-OH is 1. The Kier molecular flexibility index (Phi) is 4.92. The van der Waals surface area contributed by atoms with Crippen molar-refractivity contribution in [2.45, 2.75) is 6.10 Å². The van der Waals surface area contributed by atoms with Crippen LogP contribution in [0.5, 0.6) is 5.75 Å². The van der Waals surface area contributed by atoms with Crippen molar-refractivity contribution in [3.63, 3.8) is 0 Å². The highest BCUT2D eigenvalue weighted by Crippen LogP contribution is 2.38. The Morgan fingerprint density at radius 2 is 1.75 bits per heavy atom. The van der Waals surface area contributed by atoms with E-state index in [1.807, 2.05) is 42.5 Å². The highest BCUT2D eigenvalue weighted by molar-refractivity contribution is 6.17. The Labute approximate surface area is 147 Å². The van der Waals surface area contributed by atoms with Gasteiger partial charge in [-0.05, 0) is 24.3 Å². The van der Waals surface area contributed by atoms with E-state index < -0.39 is 6.10 Å². The maximum Gasteiger partial charge on any atom is 0.206 e. The highest BCUT2D eigenvalue weighted by atomic mass is 35.5. The second-order valence-corrected chi connectivity index (χ2v) is 5.71. The van der Waals surface area contributed by atoms with Gasteiger partial charge in [0.2, 0.25) is 5.96 Å². The Bertz CT molecular complexity index is 723. The van der Waals surface area contributed by atoms with Gasteiger partial charge >= 0.3 is 0 Å². The number of guanidine groups is 1. The number of anilines is 2. The van der Waals surface area contributed by atoms with Gasteiger partial charge in [-0.25, -0.2) is 0 Å². The van der Waals surface area contributed by atoms with Crippen molar-refractivity contribution in [3.8, 4) is 5.75 Å². The molecule has 1 N–H and O–H groups in total.